The van der Waals surface area contributed by atoms with Crippen LogP contribution in [0.3, 0.4) is 0 Å². The van der Waals surface area contributed by atoms with Gasteiger partial charge in [0.25, 0.3) is 5.91 Å². The maximum Gasteiger partial charge on any atom is 0.407 e. The molecule has 1 aliphatic heterocycles. The zero-order valence-electron chi connectivity index (χ0n) is 29.2. The SMILES string of the molecule is CC(C(=O)N(c1ccc2ccccc2c1)C(C)c1nnnn1CCc1ccccc1)N(C(=O)C1CCN(C(=O)O)CC1)c1ccc2ccccc2c1. The van der Waals surface area contributed by atoms with Crippen molar-refractivity contribution in [1.82, 2.24) is 25.1 Å². The van der Waals surface area contributed by atoms with Gasteiger partial charge in [-0.15, -0.1) is 5.10 Å². The van der Waals surface area contributed by atoms with Crippen LogP contribution < -0.4 is 9.80 Å². The lowest BCUT2D eigenvalue weighted by molar-refractivity contribution is -0.127. The zero-order valence-corrected chi connectivity index (χ0v) is 29.2. The predicted molar refractivity (Wildman–Crippen MR) is 201 cm³/mol. The molecule has 1 fully saturated rings. The van der Waals surface area contributed by atoms with Crippen LogP contribution in [0, 0.1) is 5.92 Å². The second-order valence-electron chi connectivity index (χ2n) is 13.4. The molecular weight excluding hydrogens is 654 g/mol. The van der Waals surface area contributed by atoms with Crippen LogP contribution in [0.2, 0.25) is 0 Å². The van der Waals surface area contributed by atoms with Crippen molar-refractivity contribution < 1.29 is 19.5 Å². The van der Waals surface area contributed by atoms with Gasteiger partial charge in [0.1, 0.15) is 6.04 Å². The average Bonchev–Trinajstić information content (AvgIpc) is 3.66. The highest BCUT2D eigenvalue weighted by molar-refractivity contribution is 6.08. The molecule has 3 amide bonds. The number of rotatable bonds is 10. The summed E-state index contributed by atoms with van der Waals surface area (Å²) in [4.78, 5) is 46.1. The highest BCUT2D eigenvalue weighted by Gasteiger charge is 2.39. The number of fused-ring (bicyclic) bond motifs is 2. The lowest BCUT2D eigenvalue weighted by Crippen LogP contribution is -2.53. The molecule has 11 heteroatoms. The van der Waals surface area contributed by atoms with Gasteiger partial charge < -0.3 is 14.9 Å². The molecule has 2 heterocycles. The number of anilines is 2. The van der Waals surface area contributed by atoms with Gasteiger partial charge in [0, 0.05) is 36.9 Å². The monoisotopic (exact) mass is 695 g/mol. The summed E-state index contributed by atoms with van der Waals surface area (Å²) in [5, 5.41) is 26.3. The van der Waals surface area contributed by atoms with E-state index in [0.29, 0.717) is 43.0 Å². The second kappa shape index (κ2) is 15.0. The van der Waals surface area contributed by atoms with E-state index in [0.717, 1.165) is 27.1 Å². The highest BCUT2D eigenvalue weighted by Crippen LogP contribution is 2.33. The molecule has 1 aliphatic rings. The summed E-state index contributed by atoms with van der Waals surface area (Å²) >= 11 is 0. The Morgan fingerprint density at radius 3 is 1.90 bits per heavy atom. The molecule has 0 saturated carbocycles. The molecule has 52 heavy (non-hydrogen) atoms. The molecule has 264 valence electrons. The predicted octanol–water partition coefficient (Wildman–Crippen LogP) is 7.13. The number of aryl methyl sites for hydroxylation is 2. The second-order valence-corrected chi connectivity index (χ2v) is 13.4. The molecule has 2 unspecified atom stereocenters. The number of piperidine rings is 1. The molecule has 11 nitrogen and oxygen atoms in total. The number of likely N-dealkylation sites (tertiary alicyclic amines) is 1. The summed E-state index contributed by atoms with van der Waals surface area (Å²) in [6.45, 7) is 4.70. The minimum atomic E-state index is -0.994. The van der Waals surface area contributed by atoms with Crippen LogP contribution in [0.15, 0.2) is 115 Å². The Labute approximate surface area is 302 Å². The molecule has 6 aromatic rings. The summed E-state index contributed by atoms with van der Waals surface area (Å²) in [5.74, 6) is -0.437. The number of benzene rings is 5. The van der Waals surface area contributed by atoms with Crippen LogP contribution in [0.1, 0.15) is 44.1 Å². The van der Waals surface area contributed by atoms with Gasteiger partial charge in [-0.3, -0.25) is 14.5 Å². The number of tetrazole rings is 1. The van der Waals surface area contributed by atoms with Gasteiger partial charge >= 0.3 is 6.09 Å². The number of carbonyl (C=O) groups excluding carboxylic acids is 2. The molecule has 0 aliphatic carbocycles. The number of aromatic nitrogens is 4. The first kappa shape index (κ1) is 34.4. The van der Waals surface area contributed by atoms with Gasteiger partial charge in [-0.25, -0.2) is 9.48 Å². The number of carbonyl (C=O) groups is 3. The Balaban J connectivity index is 1.27. The molecule has 1 aromatic heterocycles. The van der Waals surface area contributed by atoms with Gasteiger partial charge in [0.05, 0.1) is 6.04 Å². The molecular formula is C41H41N7O4. The third-order valence-corrected chi connectivity index (χ3v) is 10.1. The Morgan fingerprint density at radius 2 is 1.31 bits per heavy atom. The number of amides is 3. The molecule has 0 radical (unpaired) electrons. The van der Waals surface area contributed by atoms with E-state index >= 15 is 4.79 Å². The highest BCUT2D eigenvalue weighted by atomic mass is 16.4. The number of carboxylic acid groups (broad SMARTS) is 1. The van der Waals surface area contributed by atoms with Crippen LogP contribution in [-0.2, 0) is 22.6 Å². The van der Waals surface area contributed by atoms with Gasteiger partial charge in [0.15, 0.2) is 5.82 Å². The normalized spacial score (nSPS) is 14.6. The average molecular weight is 696 g/mol. The Bertz CT molecular complexity index is 2210. The van der Waals surface area contributed by atoms with Crippen molar-refractivity contribution in [3.8, 4) is 0 Å². The van der Waals surface area contributed by atoms with E-state index in [9.17, 15) is 14.7 Å². The summed E-state index contributed by atoms with van der Waals surface area (Å²) in [5.41, 5.74) is 2.40. The van der Waals surface area contributed by atoms with Crippen molar-refractivity contribution in [1.29, 1.82) is 0 Å². The van der Waals surface area contributed by atoms with Crippen LogP contribution >= 0.6 is 0 Å². The number of hydrogen-bond donors (Lipinski definition) is 1. The van der Waals surface area contributed by atoms with Gasteiger partial charge in [-0.05, 0) is 94.9 Å². The van der Waals surface area contributed by atoms with E-state index in [4.69, 9.17) is 0 Å². The van der Waals surface area contributed by atoms with Gasteiger partial charge in [-0.2, -0.15) is 0 Å². The minimum Gasteiger partial charge on any atom is -0.465 e. The van der Waals surface area contributed by atoms with Crippen molar-refractivity contribution in [2.45, 2.75) is 51.7 Å². The van der Waals surface area contributed by atoms with E-state index in [1.54, 1.807) is 21.4 Å². The summed E-state index contributed by atoms with van der Waals surface area (Å²) in [6, 6.07) is 36.1. The fourth-order valence-corrected chi connectivity index (χ4v) is 7.23. The van der Waals surface area contributed by atoms with E-state index in [-0.39, 0.29) is 24.9 Å². The van der Waals surface area contributed by atoms with E-state index < -0.39 is 24.1 Å². The Kier molecular flexibility index (Phi) is 9.92. The maximum atomic E-state index is 15.2. The first-order valence-electron chi connectivity index (χ1n) is 17.7. The molecule has 5 aromatic carbocycles. The van der Waals surface area contributed by atoms with Crippen molar-refractivity contribution >= 4 is 50.8 Å². The quantitative estimate of drug-likeness (QED) is 0.162. The van der Waals surface area contributed by atoms with Crippen molar-refractivity contribution in [3.05, 3.63) is 127 Å². The number of hydrogen-bond acceptors (Lipinski definition) is 6. The molecule has 7 rings (SSSR count). The molecule has 1 N–H and O–H groups in total. The topological polar surface area (TPSA) is 125 Å². The third-order valence-electron chi connectivity index (χ3n) is 10.1. The first-order chi connectivity index (χ1) is 25.3. The summed E-state index contributed by atoms with van der Waals surface area (Å²) < 4.78 is 1.74. The standard InChI is InChI=1S/C41H41N7O4/c1-28(38-42-43-44-46(38)25-20-30-10-4-3-5-11-30)47(36-18-16-31-12-6-8-14-34(31)26-36)39(49)29(2)48(37-19-17-32-13-7-9-15-35(32)27-37)40(50)33-21-23-45(24-22-33)41(51)52/h3-19,26-29,33H,20-25H2,1-2H3,(H,51,52). The maximum absolute atomic E-state index is 15.2. The van der Waals surface area contributed by atoms with Crippen LogP contribution in [0.25, 0.3) is 21.5 Å². The van der Waals surface area contributed by atoms with E-state index in [2.05, 4.69) is 27.7 Å². The van der Waals surface area contributed by atoms with Crippen LogP contribution in [-0.4, -0.2) is 67.3 Å². The largest absolute Gasteiger partial charge is 0.465 e. The lowest BCUT2D eigenvalue weighted by atomic mass is 9.94. The zero-order chi connectivity index (χ0) is 36.2. The molecule has 0 bridgehead atoms. The molecule has 0 spiro atoms. The molecule has 2 atom stereocenters. The molecule has 1 saturated heterocycles. The third kappa shape index (κ3) is 7.07. The van der Waals surface area contributed by atoms with Crippen LogP contribution in [0.5, 0.6) is 0 Å². The van der Waals surface area contributed by atoms with Crippen molar-refractivity contribution in [3.63, 3.8) is 0 Å². The van der Waals surface area contributed by atoms with E-state index in [1.165, 1.54) is 4.90 Å². The summed E-state index contributed by atoms with van der Waals surface area (Å²) in [7, 11) is 0. The fraction of sp³-hybridized carbons (Fsp3) is 0.268. The Hall–Kier alpha value is -6.10. The minimum absolute atomic E-state index is 0.208. The Morgan fingerprint density at radius 1 is 0.750 bits per heavy atom. The number of nitrogens with zero attached hydrogens (tertiary/aromatic N) is 7. The first-order valence-corrected chi connectivity index (χ1v) is 17.7. The van der Waals surface area contributed by atoms with Crippen molar-refractivity contribution in [2.24, 2.45) is 5.92 Å². The van der Waals surface area contributed by atoms with Crippen LogP contribution in [0.4, 0.5) is 16.2 Å². The van der Waals surface area contributed by atoms with E-state index in [1.807, 2.05) is 110 Å². The van der Waals surface area contributed by atoms with Gasteiger partial charge in [-0.1, -0.05) is 91.0 Å². The lowest BCUT2D eigenvalue weighted by Gasteiger charge is -2.38. The smallest absolute Gasteiger partial charge is 0.407 e. The van der Waals surface area contributed by atoms with Gasteiger partial charge in [0.2, 0.25) is 5.91 Å². The fourth-order valence-electron chi connectivity index (χ4n) is 7.23. The van der Waals surface area contributed by atoms with Crippen molar-refractivity contribution in [2.75, 3.05) is 22.9 Å². The summed E-state index contributed by atoms with van der Waals surface area (Å²) in [6.07, 6.45) is 0.456.